The summed E-state index contributed by atoms with van der Waals surface area (Å²) in [4.78, 5) is 0. The zero-order valence-corrected chi connectivity index (χ0v) is 11.8. The monoisotopic (exact) mass is 330 g/mol. The van der Waals surface area contributed by atoms with E-state index in [1.165, 1.54) is 0 Å². The van der Waals surface area contributed by atoms with E-state index in [1.807, 2.05) is 30.3 Å². The van der Waals surface area contributed by atoms with Crippen molar-refractivity contribution >= 4 is 39.1 Å². The van der Waals surface area contributed by atoms with Crippen LogP contribution in [-0.2, 0) is 0 Å². The molecule has 0 bridgehead atoms. The Balaban J connectivity index is 2.13. The first-order valence-corrected chi connectivity index (χ1v) is 6.65. The van der Waals surface area contributed by atoms with Gasteiger partial charge in [-0.2, -0.15) is 0 Å². The maximum Gasteiger partial charge on any atom is 0.178 e. The molecule has 0 aromatic heterocycles. The molecule has 17 heavy (non-hydrogen) atoms. The number of halogens is 3. The second-order valence-corrected chi connectivity index (χ2v) is 5.07. The second kappa shape index (κ2) is 5.76. The van der Waals surface area contributed by atoms with Crippen LogP contribution >= 0.6 is 39.1 Å². The molecule has 2 aromatic carbocycles. The van der Waals surface area contributed by atoms with E-state index in [0.29, 0.717) is 15.8 Å². The van der Waals surface area contributed by atoms with Crippen LogP contribution in [0.5, 0.6) is 5.75 Å². The third kappa shape index (κ3) is 3.38. The van der Waals surface area contributed by atoms with Gasteiger partial charge in [-0.25, -0.2) is 0 Å². The van der Waals surface area contributed by atoms with E-state index in [4.69, 9.17) is 27.9 Å². The Morgan fingerprint density at radius 1 is 0.941 bits per heavy atom. The first-order chi connectivity index (χ1) is 8.16. The van der Waals surface area contributed by atoms with E-state index >= 15 is 0 Å². The standard InChI is InChI=1S/C13H9BrCl2O/c14-13(9-4-2-1-3-5-9)17-10-6-7-11(15)12(16)8-10/h1-8,13H. The van der Waals surface area contributed by atoms with E-state index in [1.54, 1.807) is 18.2 Å². The fourth-order valence-corrected chi connectivity index (χ4v) is 2.15. The highest BCUT2D eigenvalue weighted by atomic mass is 79.9. The predicted molar refractivity (Wildman–Crippen MR) is 75.2 cm³/mol. The second-order valence-electron chi connectivity index (χ2n) is 3.42. The van der Waals surface area contributed by atoms with Crippen LogP contribution in [0.15, 0.2) is 48.5 Å². The highest BCUT2D eigenvalue weighted by molar-refractivity contribution is 9.09. The Kier molecular flexibility index (Phi) is 4.32. The Morgan fingerprint density at radius 2 is 1.65 bits per heavy atom. The average molecular weight is 332 g/mol. The summed E-state index contributed by atoms with van der Waals surface area (Å²) in [5.74, 6) is 0.671. The van der Waals surface area contributed by atoms with Gasteiger partial charge < -0.3 is 4.74 Å². The van der Waals surface area contributed by atoms with Crippen molar-refractivity contribution in [1.29, 1.82) is 0 Å². The van der Waals surface area contributed by atoms with Crippen LogP contribution in [-0.4, -0.2) is 0 Å². The molecular weight excluding hydrogens is 323 g/mol. The SMILES string of the molecule is Clc1ccc(OC(Br)c2ccccc2)cc1Cl. The Bertz CT molecular complexity index is 502. The van der Waals surface area contributed by atoms with Crippen molar-refractivity contribution in [3.05, 3.63) is 64.1 Å². The Hall–Kier alpha value is -0.700. The number of alkyl halides is 1. The van der Waals surface area contributed by atoms with Gasteiger partial charge in [0.15, 0.2) is 5.01 Å². The van der Waals surface area contributed by atoms with Crippen molar-refractivity contribution in [2.45, 2.75) is 5.01 Å². The zero-order valence-electron chi connectivity index (χ0n) is 8.74. The minimum Gasteiger partial charge on any atom is -0.474 e. The molecule has 2 aromatic rings. The molecule has 0 saturated heterocycles. The fraction of sp³-hybridized carbons (Fsp3) is 0.0769. The van der Waals surface area contributed by atoms with Crippen molar-refractivity contribution in [3.8, 4) is 5.75 Å². The molecule has 0 N–H and O–H groups in total. The number of rotatable bonds is 3. The lowest BCUT2D eigenvalue weighted by molar-refractivity contribution is 0.302. The molecule has 1 nitrogen and oxygen atoms in total. The summed E-state index contributed by atoms with van der Waals surface area (Å²) in [6.07, 6.45) is 0. The van der Waals surface area contributed by atoms with Crippen LogP contribution in [0.25, 0.3) is 0 Å². The molecule has 0 amide bonds. The summed E-state index contributed by atoms with van der Waals surface area (Å²) in [6.45, 7) is 0. The largest absolute Gasteiger partial charge is 0.474 e. The number of hydrogen-bond acceptors (Lipinski definition) is 1. The summed E-state index contributed by atoms with van der Waals surface area (Å²) in [6, 6.07) is 15.0. The van der Waals surface area contributed by atoms with Crippen LogP contribution in [0.3, 0.4) is 0 Å². The van der Waals surface area contributed by atoms with E-state index in [0.717, 1.165) is 5.56 Å². The molecule has 1 atom stereocenters. The molecule has 0 radical (unpaired) electrons. The van der Waals surface area contributed by atoms with Gasteiger partial charge in [-0.15, -0.1) is 0 Å². The van der Waals surface area contributed by atoms with Crippen molar-refractivity contribution in [3.63, 3.8) is 0 Å². The van der Waals surface area contributed by atoms with Gasteiger partial charge in [-0.1, -0.05) is 53.5 Å². The van der Waals surface area contributed by atoms with Crippen molar-refractivity contribution in [2.24, 2.45) is 0 Å². The van der Waals surface area contributed by atoms with E-state index in [-0.39, 0.29) is 5.01 Å². The molecule has 4 heteroatoms. The van der Waals surface area contributed by atoms with Gasteiger partial charge in [0.25, 0.3) is 0 Å². The lowest BCUT2D eigenvalue weighted by Gasteiger charge is -2.13. The van der Waals surface area contributed by atoms with Crippen molar-refractivity contribution in [2.75, 3.05) is 0 Å². The summed E-state index contributed by atoms with van der Waals surface area (Å²) in [5.41, 5.74) is 1.04. The fourth-order valence-electron chi connectivity index (χ4n) is 1.34. The van der Waals surface area contributed by atoms with Gasteiger partial charge in [0.2, 0.25) is 0 Å². The van der Waals surface area contributed by atoms with Crippen LogP contribution in [0, 0.1) is 0 Å². The average Bonchev–Trinajstić information content (AvgIpc) is 2.35. The van der Waals surface area contributed by atoms with Gasteiger partial charge in [0.1, 0.15) is 5.75 Å². The normalized spacial score (nSPS) is 12.2. The van der Waals surface area contributed by atoms with Crippen molar-refractivity contribution < 1.29 is 4.74 Å². The molecular formula is C13H9BrCl2O. The molecule has 0 aliphatic heterocycles. The molecule has 0 aliphatic rings. The molecule has 1 unspecified atom stereocenters. The van der Waals surface area contributed by atoms with Crippen molar-refractivity contribution in [1.82, 2.24) is 0 Å². The lowest BCUT2D eigenvalue weighted by atomic mass is 10.2. The molecule has 0 spiro atoms. The maximum atomic E-state index is 5.92. The summed E-state index contributed by atoms with van der Waals surface area (Å²) in [5, 5.41) is 0.794. The Labute approximate surface area is 118 Å². The van der Waals surface area contributed by atoms with Gasteiger partial charge in [0.05, 0.1) is 10.0 Å². The molecule has 0 fully saturated rings. The van der Waals surface area contributed by atoms with E-state index in [9.17, 15) is 0 Å². The van der Waals surface area contributed by atoms with Gasteiger partial charge in [-0.3, -0.25) is 0 Å². The van der Waals surface area contributed by atoms with Crippen LogP contribution in [0.4, 0.5) is 0 Å². The summed E-state index contributed by atoms with van der Waals surface area (Å²) < 4.78 is 5.71. The highest BCUT2D eigenvalue weighted by Gasteiger charge is 2.09. The van der Waals surface area contributed by atoms with Gasteiger partial charge >= 0.3 is 0 Å². The maximum absolute atomic E-state index is 5.92. The third-order valence-electron chi connectivity index (χ3n) is 2.19. The third-order valence-corrected chi connectivity index (χ3v) is 3.65. The molecule has 0 heterocycles. The topological polar surface area (TPSA) is 9.23 Å². The first-order valence-electron chi connectivity index (χ1n) is 4.97. The first kappa shape index (κ1) is 12.7. The quantitative estimate of drug-likeness (QED) is 0.678. The molecule has 0 aliphatic carbocycles. The highest BCUT2D eigenvalue weighted by Crippen LogP contribution is 2.31. The van der Waals surface area contributed by atoms with Gasteiger partial charge in [0, 0.05) is 11.6 Å². The van der Waals surface area contributed by atoms with Crippen LogP contribution in [0.2, 0.25) is 10.0 Å². The summed E-state index contributed by atoms with van der Waals surface area (Å²) >= 11 is 15.2. The van der Waals surface area contributed by atoms with Crippen LogP contribution < -0.4 is 4.74 Å². The number of benzene rings is 2. The van der Waals surface area contributed by atoms with E-state index < -0.39 is 0 Å². The molecule has 2 rings (SSSR count). The van der Waals surface area contributed by atoms with Crippen LogP contribution in [0.1, 0.15) is 10.6 Å². The Morgan fingerprint density at radius 3 is 2.29 bits per heavy atom. The molecule has 0 saturated carbocycles. The molecule has 88 valence electrons. The van der Waals surface area contributed by atoms with Gasteiger partial charge in [-0.05, 0) is 28.1 Å². The number of ether oxygens (including phenoxy) is 1. The lowest BCUT2D eigenvalue weighted by Crippen LogP contribution is -1.99. The minimum atomic E-state index is -0.207. The summed E-state index contributed by atoms with van der Waals surface area (Å²) in [7, 11) is 0. The minimum absolute atomic E-state index is 0.207. The zero-order chi connectivity index (χ0) is 12.3. The number of hydrogen-bond donors (Lipinski definition) is 0. The van der Waals surface area contributed by atoms with E-state index in [2.05, 4.69) is 15.9 Å². The predicted octanol–water partition coefficient (Wildman–Crippen LogP) is 5.47. The smallest absolute Gasteiger partial charge is 0.178 e.